The monoisotopic (exact) mass is 296 g/mol. The first-order chi connectivity index (χ1) is 10.6. The minimum Gasteiger partial charge on any atom is -0.478 e. The van der Waals surface area contributed by atoms with Gasteiger partial charge >= 0.3 is 5.97 Å². The second kappa shape index (κ2) is 6.20. The third-order valence-corrected chi connectivity index (χ3v) is 4.19. The lowest BCUT2D eigenvalue weighted by molar-refractivity contribution is 0.0697. The Labute approximate surface area is 130 Å². The minimum atomic E-state index is -0.874. The van der Waals surface area contributed by atoms with Crippen molar-refractivity contribution in [1.82, 2.24) is 0 Å². The Balaban J connectivity index is 1.81. The Morgan fingerprint density at radius 2 is 2.00 bits per heavy atom. The van der Waals surface area contributed by atoms with Crippen molar-refractivity contribution >= 4 is 11.7 Å². The van der Waals surface area contributed by atoms with Crippen LogP contribution in [0.4, 0.5) is 5.69 Å². The molecule has 4 nitrogen and oxygen atoms in total. The van der Waals surface area contributed by atoms with E-state index in [4.69, 9.17) is 10.8 Å². The average Bonchev–Trinajstić information content (AvgIpc) is 2.55. The van der Waals surface area contributed by atoms with Crippen LogP contribution in [0.2, 0.25) is 0 Å². The zero-order valence-corrected chi connectivity index (χ0v) is 12.4. The van der Waals surface area contributed by atoms with Crippen molar-refractivity contribution < 1.29 is 9.90 Å². The molecule has 4 heteroatoms. The fraction of sp³-hybridized carbons (Fsp3) is 0.278. The molecule has 0 bridgehead atoms. The summed E-state index contributed by atoms with van der Waals surface area (Å²) in [5.41, 5.74) is 10.0. The van der Waals surface area contributed by atoms with Gasteiger partial charge in [0.05, 0.1) is 5.56 Å². The van der Waals surface area contributed by atoms with E-state index in [1.165, 1.54) is 0 Å². The van der Waals surface area contributed by atoms with Gasteiger partial charge in [0.15, 0.2) is 0 Å². The first-order valence-electron chi connectivity index (χ1n) is 7.57. The lowest BCUT2D eigenvalue weighted by Gasteiger charge is -2.33. The number of hydrogen-bond donors (Lipinski definition) is 2. The van der Waals surface area contributed by atoms with Gasteiger partial charge in [-0.1, -0.05) is 30.3 Å². The lowest BCUT2D eigenvalue weighted by Crippen LogP contribution is -2.36. The number of benzene rings is 2. The van der Waals surface area contributed by atoms with Gasteiger partial charge in [-0.05, 0) is 42.2 Å². The van der Waals surface area contributed by atoms with Crippen LogP contribution in [-0.4, -0.2) is 24.2 Å². The van der Waals surface area contributed by atoms with Gasteiger partial charge in [-0.2, -0.15) is 0 Å². The van der Waals surface area contributed by atoms with Crippen LogP contribution in [0.3, 0.4) is 0 Å². The van der Waals surface area contributed by atoms with E-state index in [1.54, 1.807) is 12.1 Å². The molecule has 0 aliphatic carbocycles. The predicted molar refractivity (Wildman–Crippen MR) is 87.3 cm³/mol. The van der Waals surface area contributed by atoms with Crippen molar-refractivity contribution in [2.75, 3.05) is 18.0 Å². The Hall–Kier alpha value is -2.33. The first-order valence-corrected chi connectivity index (χ1v) is 7.57. The van der Waals surface area contributed by atoms with Crippen molar-refractivity contribution in [2.45, 2.75) is 18.9 Å². The normalized spacial score (nSPS) is 15.2. The number of nitrogens with zero attached hydrogens (tertiary/aromatic N) is 1. The van der Waals surface area contributed by atoms with Crippen molar-refractivity contribution in [3.8, 4) is 0 Å². The van der Waals surface area contributed by atoms with E-state index in [1.807, 2.05) is 36.4 Å². The Morgan fingerprint density at radius 1 is 1.23 bits per heavy atom. The van der Waals surface area contributed by atoms with Crippen molar-refractivity contribution in [2.24, 2.45) is 5.73 Å². The number of anilines is 1. The summed E-state index contributed by atoms with van der Waals surface area (Å²) >= 11 is 0. The molecule has 2 aromatic rings. The van der Waals surface area contributed by atoms with Gasteiger partial charge in [0.1, 0.15) is 0 Å². The summed E-state index contributed by atoms with van der Waals surface area (Å²) in [7, 11) is 0. The number of carboxylic acid groups (broad SMARTS) is 1. The van der Waals surface area contributed by atoms with Gasteiger partial charge < -0.3 is 15.7 Å². The van der Waals surface area contributed by atoms with E-state index in [-0.39, 0.29) is 6.04 Å². The number of aromatic carboxylic acids is 1. The molecule has 1 atom stereocenters. The molecule has 2 aromatic carbocycles. The molecule has 0 unspecified atom stereocenters. The summed E-state index contributed by atoms with van der Waals surface area (Å²) in [4.78, 5) is 13.4. The van der Waals surface area contributed by atoms with Crippen molar-refractivity contribution in [3.05, 3.63) is 65.2 Å². The number of hydrogen-bond acceptors (Lipinski definition) is 3. The molecule has 0 aromatic heterocycles. The average molecular weight is 296 g/mol. The third-order valence-electron chi connectivity index (χ3n) is 4.19. The fourth-order valence-corrected chi connectivity index (χ4v) is 3.04. The largest absolute Gasteiger partial charge is 0.478 e. The van der Waals surface area contributed by atoms with Crippen LogP contribution < -0.4 is 10.6 Å². The number of nitrogens with two attached hydrogens (primary N) is 1. The summed E-state index contributed by atoms with van der Waals surface area (Å²) in [6.07, 6.45) is 1.95. The quantitative estimate of drug-likeness (QED) is 0.910. The minimum absolute atomic E-state index is 0.0497. The summed E-state index contributed by atoms with van der Waals surface area (Å²) in [5, 5.41) is 9.11. The smallest absolute Gasteiger partial charge is 0.335 e. The fourth-order valence-electron chi connectivity index (χ4n) is 3.04. The van der Waals surface area contributed by atoms with Gasteiger partial charge in [0.25, 0.3) is 0 Å². The van der Waals surface area contributed by atoms with Crippen LogP contribution in [0, 0.1) is 0 Å². The molecule has 114 valence electrons. The van der Waals surface area contributed by atoms with E-state index < -0.39 is 5.97 Å². The molecule has 0 radical (unpaired) electrons. The second-order valence-electron chi connectivity index (χ2n) is 5.72. The molecule has 22 heavy (non-hydrogen) atoms. The number of aryl methyl sites for hydroxylation is 1. The molecule has 0 fully saturated rings. The number of carbonyl (C=O) groups is 1. The van der Waals surface area contributed by atoms with E-state index in [9.17, 15) is 4.79 Å². The highest BCUT2D eigenvalue weighted by molar-refractivity contribution is 5.88. The topological polar surface area (TPSA) is 66.6 Å². The summed E-state index contributed by atoms with van der Waals surface area (Å²) in [6, 6.07) is 15.4. The highest BCUT2D eigenvalue weighted by Gasteiger charge is 2.20. The Morgan fingerprint density at radius 3 is 2.73 bits per heavy atom. The van der Waals surface area contributed by atoms with Gasteiger partial charge in [-0.3, -0.25) is 0 Å². The van der Waals surface area contributed by atoms with Gasteiger partial charge in [-0.25, -0.2) is 4.79 Å². The van der Waals surface area contributed by atoms with Gasteiger partial charge in [0, 0.05) is 24.8 Å². The summed E-state index contributed by atoms with van der Waals surface area (Å²) < 4.78 is 0. The van der Waals surface area contributed by atoms with Gasteiger partial charge in [-0.15, -0.1) is 0 Å². The summed E-state index contributed by atoms with van der Waals surface area (Å²) in [6.45, 7) is 1.70. The number of rotatable bonds is 4. The van der Waals surface area contributed by atoms with Crippen molar-refractivity contribution in [3.63, 3.8) is 0 Å². The maximum atomic E-state index is 11.1. The maximum Gasteiger partial charge on any atom is 0.335 e. The van der Waals surface area contributed by atoms with E-state index in [2.05, 4.69) is 4.90 Å². The molecule has 3 N–H and O–H groups in total. The molecule has 0 amide bonds. The second-order valence-corrected chi connectivity index (χ2v) is 5.72. The van der Waals surface area contributed by atoms with Crippen LogP contribution in [0.25, 0.3) is 0 Å². The number of fused-ring (bicyclic) bond motifs is 1. The summed E-state index contributed by atoms with van der Waals surface area (Å²) in [5.74, 6) is -0.874. The van der Waals surface area contributed by atoms with Crippen LogP contribution >= 0.6 is 0 Å². The van der Waals surface area contributed by atoms with E-state index >= 15 is 0 Å². The molecule has 0 spiro atoms. The number of carboxylic acids is 1. The molecule has 1 aliphatic rings. The maximum absolute atomic E-state index is 11.1. The Bertz CT molecular complexity index is 670. The van der Waals surface area contributed by atoms with Crippen LogP contribution in [0.1, 0.15) is 33.9 Å². The standard InChI is InChI=1S/C18H20N2O2/c19-16(13-5-2-1-3-6-13)12-20-10-4-7-14-11-15(18(21)22)8-9-17(14)20/h1-3,5-6,8-9,11,16H,4,7,10,12,19H2,(H,21,22)/t16-/m0/s1. The Kier molecular flexibility index (Phi) is 4.11. The van der Waals surface area contributed by atoms with Crippen molar-refractivity contribution in [1.29, 1.82) is 0 Å². The molecular formula is C18H20N2O2. The predicted octanol–water partition coefficient (Wildman–Crippen LogP) is 2.84. The SMILES string of the molecule is N[C@@H](CN1CCCc2cc(C(=O)O)ccc21)c1ccccc1. The lowest BCUT2D eigenvalue weighted by atomic mass is 9.98. The van der Waals surface area contributed by atoms with Gasteiger partial charge in [0.2, 0.25) is 0 Å². The highest BCUT2D eigenvalue weighted by atomic mass is 16.4. The molecule has 3 rings (SSSR count). The molecular weight excluding hydrogens is 276 g/mol. The van der Waals surface area contributed by atoms with E-state index in [0.717, 1.165) is 42.7 Å². The van der Waals surface area contributed by atoms with Crippen LogP contribution in [-0.2, 0) is 6.42 Å². The zero-order valence-electron chi connectivity index (χ0n) is 12.4. The third kappa shape index (κ3) is 2.97. The van der Waals surface area contributed by atoms with E-state index in [0.29, 0.717) is 5.56 Å². The molecule has 1 heterocycles. The molecule has 1 aliphatic heterocycles. The van der Waals surface area contributed by atoms with Crippen LogP contribution in [0.15, 0.2) is 48.5 Å². The highest BCUT2D eigenvalue weighted by Crippen LogP contribution is 2.29. The molecule has 0 saturated heterocycles. The molecule has 0 saturated carbocycles. The zero-order chi connectivity index (χ0) is 15.5. The van der Waals surface area contributed by atoms with Crippen LogP contribution in [0.5, 0.6) is 0 Å². The first kappa shape index (κ1) is 14.6.